The maximum Gasteiger partial charge on any atom is 0.181 e. The van der Waals surface area contributed by atoms with Crippen LogP contribution in [0, 0.1) is 0 Å². The third kappa shape index (κ3) is 20.1. The van der Waals surface area contributed by atoms with Gasteiger partial charge in [-0.15, -0.1) is 0 Å². The number of sulfone groups is 3. The van der Waals surface area contributed by atoms with E-state index in [0.717, 1.165) is 97.7 Å². The summed E-state index contributed by atoms with van der Waals surface area (Å²) in [5, 5.41) is -0.418. The molecule has 14 heteroatoms. The Hall–Kier alpha value is -8.31. The topological polar surface area (TPSA) is 112 Å². The summed E-state index contributed by atoms with van der Waals surface area (Å²) in [6.45, 7) is 2.97. The smallest absolute Gasteiger partial charge is 0.181 e. The molecule has 0 amide bonds. The van der Waals surface area contributed by atoms with Crippen molar-refractivity contribution in [2.24, 2.45) is 0 Å². The van der Waals surface area contributed by atoms with Crippen molar-refractivity contribution in [1.29, 1.82) is 0 Å². The molecule has 14 rings (SSSR count). The molecule has 12 aromatic carbocycles. The van der Waals surface area contributed by atoms with E-state index in [0.29, 0.717) is 14.7 Å². The van der Waals surface area contributed by atoms with Crippen molar-refractivity contribution in [1.82, 2.24) is 0 Å². The molecule has 0 atom stereocenters. The van der Waals surface area contributed by atoms with E-state index >= 15 is 0 Å². The summed E-state index contributed by atoms with van der Waals surface area (Å²) in [5.41, 5.74) is 0. The fourth-order valence-corrected chi connectivity index (χ4v) is 25.1. The highest BCUT2D eigenvalue weighted by Gasteiger charge is 2.36. The second-order valence-corrected chi connectivity index (χ2v) is 39.4. The average molecular weight is 1480 g/mol. The van der Waals surface area contributed by atoms with Crippen LogP contribution >= 0.6 is 0 Å². The van der Waals surface area contributed by atoms with Crippen molar-refractivity contribution in [3.63, 3.8) is 0 Å². The van der Waals surface area contributed by atoms with Gasteiger partial charge in [0.1, 0.15) is 5.75 Å². The van der Waals surface area contributed by atoms with E-state index in [9.17, 15) is 25.3 Å². The minimum atomic E-state index is -3.23. The van der Waals surface area contributed by atoms with Crippen LogP contribution in [-0.4, -0.2) is 48.6 Å². The molecule has 2 aliphatic carbocycles. The molecule has 0 unspecified atom stereocenters. The molecule has 0 spiro atoms. The van der Waals surface area contributed by atoms with Crippen molar-refractivity contribution >= 4 is 73.1 Å². The van der Waals surface area contributed by atoms with Gasteiger partial charge in [0.05, 0.1) is 75.4 Å². The van der Waals surface area contributed by atoms with Gasteiger partial charge in [-0.1, -0.05) is 191 Å². The first kappa shape index (κ1) is 74.9. The maximum absolute atomic E-state index is 13.0. The van der Waals surface area contributed by atoms with Crippen LogP contribution in [0.2, 0.25) is 0 Å². The van der Waals surface area contributed by atoms with Crippen LogP contribution in [0.5, 0.6) is 5.75 Å². The molecule has 0 bridgehead atoms. The van der Waals surface area contributed by atoms with E-state index in [-0.39, 0.29) is 54.1 Å². The molecule has 2 aliphatic rings. The third-order valence-electron chi connectivity index (χ3n) is 17.7. The fourth-order valence-electron chi connectivity index (χ4n) is 12.4. The standard InChI is InChI=1S/C24H25O2S2.C23H23O2S2.C22H23OS.C19H17O2S2/c25-28(26,23-14-8-3-9-15-23)24-18-16-22(17-19-24)27(20-10-4-1-5-11-20)21-12-6-2-7-13-21;24-27(25,22-13-7-8-14-22)23-17-15-21(16-18-23)26(19-9-3-1-4-10-19)20-11-5-2-6-12-20;1-2-3-18-23-19-14-16-22(17-15-19)24(20-10-6-4-7-11-20)21-12-8-5-9-13-21;1-23(20,21)19-14-12-18(13-15-19)22(16-8-4-2-5-9-16)17-10-6-3-7-11-17/h1-2,4-7,10-13,16-19,23H,3,8-9,14-15H2;1-6,9-12,15-18,22H,7-8,13-14H2;4-17H,2-3,18H2,1H3;2-15H,1H3/q4*+1. The van der Waals surface area contributed by atoms with Gasteiger partial charge < -0.3 is 4.74 Å². The van der Waals surface area contributed by atoms with Gasteiger partial charge in [0.25, 0.3) is 0 Å². The Balaban J connectivity index is 0.000000137. The first-order valence-corrected chi connectivity index (χ1v) is 44.7. The van der Waals surface area contributed by atoms with Gasteiger partial charge in [-0.3, -0.25) is 0 Å². The van der Waals surface area contributed by atoms with Crippen LogP contribution in [0.1, 0.15) is 77.6 Å². The van der Waals surface area contributed by atoms with Crippen molar-refractivity contribution in [3.8, 4) is 5.75 Å². The Labute approximate surface area is 617 Å². The molecule has 2 fully saturated rings. The van der Waals surface area contributed by atoms with Crippen molar-refractivity contribution in [2.45, 2.75) is 161 Å². The third-order valence-corrected chi connectivity index (χ3v) is 32.3. The highest BCUT2D eigenvalue weighted by atomic mass is 32.2. The molecular formula is C88H88O7S7+4. The Morgan fingerprint density at radius 1 is 0.275 bits per heavy atom. The van der Waals surface area contributed by atoms with Gasteiger partial charge in [0, 0.05) is 6.26 Å². The molecule has 0 heterocycles. The summed E-state index contributed by atoms with van der Waals surface area (Å²) in [7, 11) is -10.4. The molecule has 7 nitrogen and oxygen atoms in total. The van der Waals surface area contributed by atoms with E-state index in [1.807, 2.05) is 109 Å². The van der Waals surface area contributed by atoms with Crippen LogP contribution in [0.25, 0.3) is 0 Å². The Kier molecular flexibility index (Phi) is 27.3. The van der Waals surface area contributed by atoms with E-state index < -0.39 is 29.5 Å². The van der Waals surface area contributed by atoms with Crippen molar-refractivity contribution in [3.05, 3.63) is 340 Å². The first-order valence-electron chi connectivity index (χ1n) is 34.8. The van der Waals surface area contributed by atoms with Crippen molar-refractivity contribution in [2.75, 3.05) is 12.9 Å². The zero-order chi connectivity index (χ0) is 71.0. The molecule has 0 N–H and O–H groups in total. The van der Waals surface area contributed by atoms with E-state index in [1.54, 1.807) is 24.3 Å². The van der Waals surface area contributed by atoms with Crippen molar-refractivity contribution < 1.29 is 30.0 Å². The molecule has 520 valence electrons. The average Bonchev–Trinajstić information content (AvgIpc) is 0.973. The largest absolute Gasteiger partial charge is 0.494 e. The minimum Gasteiger partial charge on any atom is -0.494 e. The molecule has 12 aromatic rings. The number of rotatable bonds is 21. The van der Waals surface area contributed by atoms with Gasteiger partial charge in [-0.05, 0) is 226 Å². The van der Waals surface area contributed by atoms with Gasteiger partial charge in [-0.25, -0.2) is 25.3 Å². The predicted octanol–water partition coefficient (Wildman–Crippen LogP) is 21.5. The zero-order valence-corrected chi connectivity index (χ0v) is 63.4. The monoisotopic (exact) mass is 1480 g/mol. The molecule has 0 aromatic heterocycles. The van der Waals surface area contributed by atoms with Gasteiger partial charge in [-0.2, -0.15) is 0 Å². The summed E-state index contributed by atoms with van der Waals surface area (Å²) >= 11 is 0. The lowest BCUT2D eigenvalue weighted by Gasteiger charge is -2.21. The highest BCUT2D eigenvalue weighted by molar-refractivity contribution is 7.98. The summed E-state index contributed by atoms with van der Waals surface area (Å²) < 4.78 is 80.8. The van der Waals surface area contributed by atoms with Crippen LogP contribution in [0.4, 0.5) is 0 Å². The SMILES string of the molecule is CCCCOc1ccc([S+](c2ccccc2)c2ccccc2)cc1.CS(=O)(=O)c1ccc([S+](c2ccccc2)c2ccccc2)cc1.O=S(=O)(c1ccc([S+](c2ccccc2)c2ccccc2)cc1)C1CCCC1.O=S(=O)(c1ccc([S+](c2ccccc2)c2ccccc2)cc1)C1CCCCC1. The Morgan fingerprint density at radius 3 is 0.706 bits per heavy atom. The number of hydrogen-bond acceptors (Lipinski definition) is 7. The Bertz CT molecular complexity index is 4650. The molecular weight excluding hydrogens is 1390 g/mol. The molecule has 0 saturated heterocycles. The normalized spacial score (nSPS) is 13.5. The lowest BCUT2D eigenvalue weighted by molar-refractivity contribution is 0.309. The second-order valence-electron chi connectivity index (χ2n) is 24.8. The molecule has 0 radical (unpaired) electrons. The van der Waals surface area contributed by atoms with Gasteiger partial charge in [0.2, 0.25) is 0 Å². The fraction of sp³-hybridized carbons (Fsp3) is 0.182. The van der Waals surface area contributed by atoms with E-state index in [2.05, 4.69) is 213 Å². The molecule has 0 aliphatic heterocycles. The summed E-state index contributed by atoms with van der Waals surface area (Å²) in [6, 6.07) is 115. The maximum atomic E-state index is 13.0. The second kappa shape index (κ2) is 37.2. The molecule has 102 heavy (non-hydrogen) atoms. The minimum absolute atomic E-state index is 0.0858. The number of ether oxygens (including phenoxy) is 1. The quantitative estimate of drug-likeness (QED) is 0.0520. The van der Waals surface area contributed by atoms with Crippen LogP contribution in [0.15, 0.2) is 413 Å². The zero-order valence-electron chi connectivity index (χ0n) is 57.7. The number of unbranched alkanes of at least 4 members (excludes halogenated alkanes) is 1. The highest BCUT2D eigenvalue weighted by Crippen LogP contribution is 2.38. The number of benzene rings is 12. The summed E-state index contributed by atoms with van der Waals surface area (Å²) in [4.78, 5) is 16.0. The van der Waals surface area contributed by atoms with Crippen LogP contribution in [0.3, 0.4) is 0 Å². The Morgan fingerprint density at radius 2 is 0.480 bits per heavy atom. The predicted molar refractivity (Wildman–Crippen MR) is 423 cm³/mol. The van der Waals surface area contributed by atoms with E-state index in [4.69, 9.17) is 4.74 Å². The van der Waals surface area contributed by atoms with Gasteiger partial charge >= 0.3 is 0 Å². The lowest BCUT2D eigenvalue weighted by Crippen LogP contribution is -2.24. The summed E-state index contributed by atoms with van der Waals surface area (Å²) in [5.74, 6) is 0.955. The lowest BCUT2D eigenvalue weighted by atomic mass is 10.0. The van der Waals surface area contributed by atoms with Crippen LogP contribution < -0.4 is 4.74 Å². The first-order chi connectivity index (χ1) is 49.8. The molecule has 2 saturated carbocycles. The number of hydrogen-bond donors (Lipinski definition) is 0. The van der Waals surface area contributed by atoms with E-state index in [1.165, 1.54) is 50.3 Å². The summed E-state index contributed by atoms with van der Waals surface area (Å²) in [6.07, 6.45) is 11.9. The van der Waals surface area contributed by atoms with Gasteiger partial charge in [0.15, 0.2) is 88.3 Å². The van der Waals surface area contributed by atoms with Crippen LogP contribution in [-0.2, 0) is 73.1 Å².